The first-order valence-corrected chi connectivity index (χ1v) is 9.42. The lowest BCUT2D eigenvalue weighted by atomic mass is 9.96. The fraction of sp³-hybridized carbons (Fsp3) is 0.588. The monoisotopic (exact) mass is 363 g/mol. The predicted octanol–water partition coefficient (Wildman–Crippen LogP) is 1.92. The smallest absolute Gasteiger partial charge is 0.223 e. The van der Waals surface area contributed by atoms with E-state index in [1.165, 1.54) is 0 Å². The first-order chi connectivity index (χ1) is 12.1. The highest BCUT2D eigenvalue weighted by Crippen LogP contribution is 2.29. The van der Waals surface area contributed by atoms with Gasteiger partial charge in [-0.15, -0.1) is 10.2 Å². The number of aryl methyl sites for hydroxylation is 2. The van der Waals surface area contributed by atoms with E-state index in [4.69, 9.17) is 4.74 Å². The average molecular weight is 363 g/mol. The van der Waals surface area contributed by atoms with Crippen molar-refractivity contribution >= 4 is 22.4 Å². The second-order valence-corrected chi connectivity index (χ2v) is 7.30. The van der Waals surface area contributed by atoms with E-state index in [2.05, 4.69) is 51.0 Å². The van der Waals surface area contributed by atoms with Crippen molar-refractivity contribution in [2.24, 2.45) is 5.92 Å². The summed E-state index contributed by atoms with van der Waals surface area (Å²) in [6, 6.07) is 4.17. The first-order valence-electron chi connectivity index (χ1n) is 8.60. The third kappa shape index (κ3) is 4.01. The quantitative estimate of drug-likeness (QED) is 0.794. The number of hydrogen-bond donors (Lipinski definition) is 1. The molecule has 0 unspecified atom stereocenters. The Kier molecular flexibility index (Phi) is 5.70. The topological polar surface area (TPSA) is 72.3 Å². The van der Waals surface area contributed by atoms with Gasteiger partial charge in [0.05, 0.1) is 6.61 Å². The summed E-state index contributed by atoms with van der Waals surface area (Å²) in [6.45, 7) is 6.94. The lowest BCUT2D eigenvalue weighted by Gasteiger charge is -2.30. The van der Waals surface area contributed by atoms with Gasteiger partial charge in [0.2, 0.25) is 16.2 Å². The molecular weight excluding hydrogens is 338 g/mol. The number of aromatic nitrogens is 3. The van der Waals surface area contributed by atoms with Crippen molar-refractivity contribution in [2.75, 3.05) is 38.3 Å². The molecule has 1 saturated heterocycles. The Morgan fingerprint density at radius 3 is 2.52 bits per heavy atom. The zero-order valence-corrected chi connectivity index (χ0v) is 15.8. The Morgan fingerprint density at radius 1 is 1.24 bits per heavy atom. The zero-order valence-electron chi connectivity index (χ0n) is 15.0. The Balaban J connectivity index is 1.58. The number of piperidine rings is 1. The van der Waals surface area contributed by atoms with Crippen LogP contribution in [0, 0.1) is 19.8 Å². The molecule has 1 N–H and O–H groups in total. The Hall–Kier alpha value is -1.93. The lowest BCUT2D eigenvalue weighted by Crippen LogP contribution is -2.41. The minimum atomic E-state index is 0.0782. The van der Waals surface area contributed by atoms with Crippen molar-refractivity contribution in [3.63, 3.8) is 0 Å². The molecule has 3 heterocycles. The van der Waals surface area contributed by atoms with Crippen LogP contribution in [0.3, 0.4) is 0 Å². The highest BCUT2D eigenvalue weighted by Gasteiger charge is 2.26. The molecule has 3 rings (SSSR count). The molecule has 1 aliphatic heterocycles. The standard InChI is InChI=1S/C17H25N5O2S/c1-12-4-5-13(2)22(12)17-20-19-16(25-17)21-9-6-14(7-10-21)15(23)18-8-11-24-3/h4-5,14H,6-11H2,1-3H3,(H,18,23). The number of nitrogens with zero attached hydrogens (tertiary/aromatic N) is 4. The third-order valence-electron chi connectivity index (χ3n) is 4.61. The minimum Gasteiger partial charge on any atom is -0.383 e. The van der Waals surface area contributed by atoms with E-state index in [0.29, 0.717) is 13.2 Å². The van der Waals surface area contributed by atoms with Crippen LogP contribution >= 0.6 is 11.3 Å². The van der Waals surface area contributed by atoms with Gasteiger partial charge in [-0.05, 0) is 38.8 Å². The minimum absolute atomic E-state index is 0.0782. The molecule has 0 spiro atoms. The summed E-state index contributed by atoms with van der Waals surface area (Å²) < 4.78 is 7.09. The highest BCUT2D eigenvalue weighted by atomic mass is 32.1. The van der Waals surface area contributed by atoms with Crippen LogP contribution in [0.5, 0.6) is 0 Å². The van der Waals surface area contributed by atoms with Gasteiger partial charge >= 0.3 is 0 Å². The Morgan fingerprint density at radius 2 is 1.88 bits per heavy atom. The van der Waals surface area contributed by atoms with E-state index < -0.39 is 0 Å². The van der Waals surface area contributed by atoms with Gasteiger partial charge in [0.15, 0.2) is 0 Å². The lowest BCUT2D eigenvalue weighted by molar-refractivity contribution is -0.125. The summed E-state index contributed by atoms with van der Waals surface area (Å²) >= 11 is 1.60. The molecule has 25 heavy (non-hydrogen) atoms. The van der Waals surface area contributed by atoms with Gasteiger partial charge in [-0.25, -0.2) is 0 Å². The van der Waals surface area contributed by atoms with Crippen LogP contribution in [0.4, 0.5) is 5.13 Å². The Labute approximate surface area is 152 Å². The number of anilines is 1. The average Bonchev–Trinajstić information content (AvgIpc) is 3.22. The maximum Gasteiger partial charge on any atom is 0.223 e. The molecule has 1 amide bonds. The van der Waals surface area contributed by atoms with Crippen molar-refractivity contribution in [2.45, 2.75) is 26.7 Å². The second kappa shape index (κ2) is 7.97. The maximum absolute atomic E-state index is 12.1. The molecule has 8 heteroatoms. The van der Waals surface area contributed by atoms with Crippen molar-refractivity contribution in [1.29, 1.82) is 0 Å². The molecule has 7 nitrogen and oxygen atoms in total. The molecule has 2 aromatic rings. The number of carbonyl (C=O) groups excluding carboxylic acids is 1. The summed E-state index contributed by atoms with van der Waals surface area (Å²) in [6.07, 6.45) is 1.69. The molecule has 0 aliphatic carbocycles. The van der Waals surface area contributed by atoms with E-state index in [-0.39, 0.29) is 11.8 Å². The molecule has 2 aromatic heterocycles. The highest BCUT2D eigenvalue weighted by molar-refractivity contribution is 7.17. The fourth-order valence-corrected chi connectivity index (χ4v) is 4.17. The maximum atomic E-state index is 12.1. The van der Waals surface area contributed by atoms with E-state index in [1.807, 2.05) is 0 Å². The van der Waals surface area contributed by atoms with Crippen LogP contribution in [0.1, 0.15) is 24.2 Å². The molecular formula is C17H25N5O2S. The molecule has 0 radical (unpaired) electrons. The molecule has 1 aliphatic rings. The van der Waals surface area contributed by atoms with Gasteiger partial charge in [0.25, 0.3) is 0 Å². The zero-order chi connectivity index (χ0) is 17.8. The van der Waals surface area contributed by atoms with Gasteiger partial charge < -0.3 is 15.0 Å². The van der Waals surface area contributed by atoms with Gasteiger partial charge in [0, 0.05) is 44.0 Å². The Bertz CT molecular complexity index is 699. The molecule has 0 aromatic carbocycles. The van der Waals surface area contributed by atoms with Crippen molar-refractivity contribution in [3.05, 3.63) is 23.5 Å². The molecule has 136 valence electrons. The van der Waals surface area contributed by atoms with E-state index in [0.717, 1.165) is 47.6 Å². The SMILES string of the molecule is COCCNC(=O)C1CCN(c2nnc(-n3c(C)ccc3C)s2)CC1. The van der Waals surface area contributed by atoms with Crippen LogP contribution in [-0.2, 0) is 9.53 Å². The molecule has 0 saturated carbocycles. The van der Waals surface area contributed by atoms with Crippen molar-refractivity contribution in [3.8, 4) is 5.13 Å². The summed E-state index contributed by atoms with van der Waals surface area (Å²) in [5.74, 6) is 0.211. The molecule has 0 atom stereocenters. The third-order valence-corrected chi connectivity index (χ3v) is 5.58. The van der Waals surface area contributed by atoms with Crippen LogP contribution in [0.25, 0.3) is 5.13 Å². The van der Waals surface area contributed by atoms with Crippen molar-refractivity contribution in [1.82, 2.24) is 20.1 Å². The van der Waals surface area contributed by atoms with Crippen LogP contribution < -0.4 is 10.2 Å². The number of ether oxygens (including phenoxy) is 1. The van der Waals surface area contributed by atoms with E-state index >= 15 is 0 Å². The number of nitrogens with one attached hydrogen (secondary N) is 1. The number of amides is 1. The number of rotatable bonds is 6. The van der Waals surface area contributed by atoms with E-state index in [9.17, 15) is 4.79 Å². The predicted molar refractivity (Wildman–Crippen MR) is 98.5 cm³/mol. The molecule has 0 bridgehead atoms. The summed E-state index contributed by atoms with van der Waals surface area (Å²) in [7, 11) is 1.64. The largest absolute Gasteiger partial charge is 0.383 e. The molecule has 1 fully saturated rings. The summed E-state index contributed by atoms with van der Waals surface area (Å²) in [5, 5.41) is 13.5. The normalized spacial score (nSPS) is 15.6. The summed E-state index contributed by atoms with van der Waals surface area (Å²) in [4.78, 5) is 14.4. The van der Waals surface area contributed by atoms with Crippen molar-refractivity contribution < 1.29 is 9.53 Å². The van der Waals surface area contributed by atoms with E-state index in [1.54, 1.807) is 18.4 Å². The second-order valence-electron chi connectivity index (χ2n) is 6.36. The van der Waals surface area contributed by atoms with Gasteiger partial charge in [0.1, 0.15) is 0 Å². The number of methoxy groups -OCH3 is 1. The van der Waals surface area contributed by atoms with Gasteiger partial charge in [-0.1, -0.05) is 11.3 Å². The number of hydrogen-bond acceptors (Lipinski definition) is 6. The van der Waals surface area contributed by atoms with Crippen LogP contribution in [0.15, 0.2) is 12.1 Å². The fourth-order valence-electron chi connectivity index (χ4n) is 3.15. The first kappa shape index (κ1) is 17.9. The van der Waals surface area contributed by atoms with Gasteiger partial charge in [-0.3, -0.25) is 9.36 Å². The van der Waals surface area contributed by atoms with Crippen LogP contribution in [0.2, 0.25) is 0 Å². The number of carbonyl (C=O) groups is 1. The van der Waals surface area contributed by atoms with Gasteiger partial charge in [-0.2, -0.15) is 0 Å². The van der Waals surface area contributed by atoms with Crippen LogP contribution in [-0.4, -0.2) is 54.0 Å². The summed E-state index contributed by atoms with van der Waals surface area (Å²) in [5.41, 5.74) is 2.32.